The molecule has 0 radical (unpaired) electrons. The molecular weight excluding hydrogens is 256 g/mol. The van der Waals surface area contributed by atoms with Crippen LogP contribution < -0.4 is 5.32 Å². The van der Waals surface area contributed by atoms with Crippen molar-refractivity contribution in [3.63, 3.8) is 0 Å². The summed E-state index contributed by atoms with van der Waals surface area (Å²) in [6, 6.07) is 7.52. The molecule has 0 amide bonds. The van der Waals surface area contributed by atoms with E-state index in [0.717, 1.165) is 5.56 Å². The van der Waals surface area contributed by atoms with Gasteiger partial charge in [-0.15, -0.1) is 0 Å². The Bertz CT molecular complexity index is 373. The summed E-state index contributed by atoms with van der Waals surface area (Å²) < 4.78 is 0.690. The number of halogens is 1. The van der Waals surface area contributed by atoms with Gasteiger partial charge in [-0.25, -0.2) is 0 Å². The van der Waals surface area contributed by atoms with Gasteiger partial charge in [0.1, 0.15) is 5.75 Å². The van der Waals surface area contributed by atoms with E-state index in [9.17, 15) is 5.11 Å². The van der Waals surface area contributed by atoms with Crippen molar-refractivity contribution in [2.75, 3.05) is 6.54 Å². The van der Waals surface area contributed by atoms with Crippen LogP contribution in [0.3, 0.4) is 0 Å². The minimum Gasteiger partial charge on any atom is -0.507 e. The molecule has 0 aromatic heterocycles. The Kier molecular flexibility index (Phi) is 4.60. The van der Waals surface area contributed by atoms with Gasteiger partial charge in [-0.3, -0.25) is 0 Å². The fourth-order valence-corrected chi connectivity index (χ4v) is 1.57. The van der Waals surface area contributed by atoms with Crippen molar-refractivity contribution in [1.29, 1.82) is 5.26 Å². The molecule has 4 heteroatoms. The minimum absolute atomic E-state index is 0.0190. The topological polar surface area (TPSA) is 56.0 Å². The lowest BCUT2D eigenvalue weighted by molar-refractivity contribution is 0.471. The highest BCUT2D eigenvalue weighted by molar-refractivity contribution is 9.10. The number of rotatable bonds is 4. The number of phenols is 1. The predicted octanol–water partition coefficient (Wildman–Crippen LogP) is 2.40. The SMILES string of the molecule is CC(C#N)CNCc1ccc(O)c(Br)c1. The molecule has 0 heterocycles. The van der Waals surface area contributed by atoms with Gasteiger partial charge in [0.15, 0.2) is 0 Å². The van der Waals surface area contributed by atoms with E-state index in [1.165, 1.54) is 0 Å². The van der Waals surface area contributed by atoms with Crippen molar-refractivity contribution in [2.45, 2.75) is 13.5 Å². The van der Waals surface area contributed by atoms with Crippen LogP contribution in [0.5, 0.6) is 5.75 Å². The minimum atomic E-state index is 0.0190. The molecule has 0 aliphatic heterocycles. The molecule has 0 bridgehead atoms. The summed E-state index contributed by atoms with van der Waals surface area (Å²) in [5, 5.41) is 21.0. The maximum Gasteiger partial charge on any atom is 0.129 e. The second-order valence-corrected chi connectivity index (χ2v) is 4.30. The Labute approximate surface area is 97.9 Å². The zero-order valence-corrected chi connectivity index (χ0v) is 10.1. The molecule has 1 aromatic carbocycles. The molecule has 0 aliphatic rings. The summed E-state index contributed by atoms with van der Waals surface area (Å²) in [6.07, 6.45) is 0. The van der Waals surface area contributed by atoms with Crippen LogP contribution in [0.2, 0.25) is 0 Å². The van der Waals surface area contributed by atoms with E-state index in [0.29, 0.717) is 17.6 Å². The quantitative estimate of drug-likeness (QED) is 0.882. The number of hydrogen-bond acceptors (Lipinski definition) is 3. The first-order valence-corrected chi connectivity index (χ1v) is 5.50. The van der Waals surface area contributed by atoms with E-state index in [-0.39, 0.29) is 11.7 Å². The zero-order valence-electron chi connectivity index (χ0n) is 8.50. The first-order chi connectivity index (χ1) is 7.13. The summed E-state index contributed by atoms with van der Waals surface area (Å²) in [7, 11) is 0. The highest BCUT2D eigenvalue weighted by Crippen LogP contribution is 2.24. The van der Waals surface area contributed by atoms with Gasteiger partial charge in [-0.2, -0.15) is 5.26 Å². The van der Waals surface area contributed by atoms with E-state index < -0.39 is 0 Å². The number of benzene rings is 1. The van der Waals surface area contributed by atoms with Gasteiger partial charge in [0, 0.05) is 13.1 Å². The fraction of sp³-hybridized carbons (Fsp3) is 0.364. The van der Waals surface area contributed by atoms with Crippen molar-refractivity contribution in [1.82, 2.24) is 5.32 Å². The van der Waals surface area contributed by atoms with Crippen molar-refractivity contribution in [3.05, 3.63) is 28.2 Å². The van der Waals surface area contributed by atoms with Crippen molar-refractivity contribution in [3.8, 4) is 11.8 Å². The summed E-state index contributed by atoms with van der Waals surface area (Å²) in [5.74, 6) is 0.259. The Balaban J connectivity index is 2.45. The number of nitriles is 1. The van der Waals surface area contributed by atoms with Crippen LogP contribution in [0.4, 0.5) is 0 Å². The average molecular weight is 269 g/mol. The lowest BCUT2D eigenvalue weighted by atomic mass is 10.2. The average Bonchev–Trinajstić information content (AvgIpc) is 2.23. The molecule has 0 fully saturated rings. The molecule has 80 valence electrons. The van der Waals surface area contributed by atoms with E-state index in [1.807, 2.05) is 19.1 Å². The van der Waals surface area contributed by atoms with Gasteiger partial charge in [0.25, 0.3) is 0 Å². The molecule has 3 nitrogen and oxygen atoms in total. The Hall–Kier alpha value is -1.05. The molecule has 0 saturated heterocycles. The van der Waals surface area contributed by atoms with Gasteiger partial charge in [-0.05, 0) is 40.5 Å². The van der Waals surface area contributed by atoms with E-state index in [2.05, 4.69) is 27.3 Å². The second kappa shape index (κ2) is 5.74. The Morgan fingerprint density at radius 3 is 2.93 bits per heavy atom. The van der Waals surface area contributed by atoms with Crippen molar-refractivity contribution in [2.24, 2.45) is 5.92 Å². The van der Waals surface area contributed by atoms with Gasteiger partial charge < -0.3 is 10.4 Å². The van der Waals surface area contributed by atoms with Crippen LogP contribution in [-0.4, -0.2) is 11.7 Å². The van der Waals surface area contributed by atoms with Crippen molar-refractivity contribution < 1.29 is 5.11 Å². The Morgan fingerprint density at radius 1 is 1.60 bits per heavy atom. The van der Waals surface area contributed by atoms with Gasteiger partial charge in [-0.1, -0.05) is 6.07 Å². The normalized spacial score (nSPS) is 12.1. The number of hydrogen-bond donors (Lipinski definition) is 2. The predicted molar refractivity (Wildman–Crippen MR) is 62.3 cm³/mol. The van der Waals surface area contributed by atoms with Gasteiger partial charge in [0.05, 0.1) is 16.5 Å². The second-order valence-electron chi connectivity index (χ2n) is 3.45. The summed E-state index contributed by atoms with van der Waals surface area (Å²) in [4.78, 5) is 0. The molecule has 0 saturated carbocycles. The fourth-order valence-electron chi connectivity index (χ4n) is 1.14. The van der Waals surface area contributed by atoms with Crippen molar-refractivity contribution >= 4 is 15.9 Å². The van der Waals surface area contributed by atoms with Crippen LogP contribution in [0.15, 0.2) is 22.7 Å². The third kappa shape index (κ3) is 3.90. The Morgan fingerprint density at radius 2 is 2.33 bits per heavy atom. The van der Waals surface area contributed by atoms with Crippen LogP contribution >= 0.6 is 15.9 Å². The molecule has 15 heavy (non-hydrogen) atoms. The molecule has 2 N–H and O–H groups in total. The monoisotopic (exact) mass is 268 g/mol. The number of nitrogens with one attached hydrogen (secondary N) is 1. The molecule has 1 aromatic rings. The van der Waals surface area contributed by atoms with Crippen LogP contribution in [0.25, 0.3) is 0 Å². The molecule has 0 aliphatic carbocycles. The summed E-state index contributed by atoms with van der Waals surface area (Å²) >= 11 is 3.25. The maximum absolute atomic E-state index is 9.29. The van der Waals surface area contributed by atoms with E-state index in [1.54, 1.807) is 6.07 Å². The first kappa shape index (κ1) is 12.0. The maximum atomic E-state index is 9.29. The molecule has 0 spiro atoms. The smallest absolute Gasteiger partial charge is 0.129 e. The third-order valence-electron chi connectivity index (χ3n) is 2.01. The molecule has 1 atom stereocenters. The molecular formula is C11H13BrN2O. The number of phenolic OH excluding ortho intramolecular Hbond substituents is 1. The van der Waals surface area contributed by atoms with E-state index >= 15 is 0 Å². The molecule has 1 rings (SSSR count). The van der Waals surface area contributed by atoms with Gasteiger partial charge >= 0.3 is 0 Å². The lowest BCUT2D eigenvalue weighted by Gasteiger charge is -2.06. The largest absolute Gasteiger partial charge is 0.507 e. The van der Waals surface area contributed by atoms with E-state index in [4.69, 9.17) is 5.26 Å². The highest BCUT2D eigenvalue weighted by Gasteiger charge is 2.01. The number of aromatic hydroxyl groups is 1. The summed E-state index contributed by atoms with van der Waals surface area (Å²) in [6.45, 7) is 3.25. The number of nitrogens with zero attached hydrogens (tertiary/aromatic N) is 1. The van der Waals surface area contributed by atoms with Gasteiger partial charge in [0.2, 0.25) is 0 Å². The van der Waals surface area contributed by atoms with Crippen LogP contribution in [0.1, 0.15) is 12.5 Å². The zero-order chi connectivity index (χ0) is 11.3. The first-order valence-electron chi connectivity index (χ1n) is 4.71. The highest BCUT2D eigenvalue weighted by atomic mass is 79.9. The summed E-state index contributed by atoms with van der Waals surface area (Å²) in [5.41, 5.74) is 1.07. The lowest BCUT2D eigenvalue weighted by Crippen LogP contribution is -2.19. The third-order valence-corrected chi connectivity index (χ3v) is 2.65. The van der Waals surface area contributed by atoms with Crippen LogP contribution in [-0.2, 0) is 6.54 Å². The molecule has 1 unspecified atom stereocenters. The standard InChI is InChI=1S/C11H13BrN2O/c1-8(5-13)6-14-7-9-2-3-11(15)10(12)4-9/h2-4,8,14-15H,6-7H2,1H3. The van der Waals surface area contributed by atoms with Crippen LogP contribution in [0, 0.1) is 17.2 Å².